The van der Waals surface area contributed by atoms with Gasteiger partial charge < -0.3 is 5.32 Å². The van der Waals surface area contributed by atoms with Crippen LogP contribution in [0.5, 0.6) is 0 Å². The minimum absolute atomic E-state index is 0.0512. The second kappa shape index (κ2) is 9.50. The van der Waals surface area contributed by atoms with Crippen molar-refractivity contribution in [1.82, 2.24) is 0 Å². The molecule has 0 heterocycles. The molecule has 0 aliphatic heterocycles. The molecule has 3 aromatic rings. The molecular formula is C23H16Br2N2O. The van der Waals surface area contributed by atoms with E-state index in [2.05, 4.69) is 37.2 Å². The molecule has 1 amide bonds. The van der Waals surface area contributed by atoms with Gasteiger partial charge in [0, 0.05) is 14.6 Å². The fourth-order valence-corrected chi connectivity index (χ4v) is 3.54. The Bertz CT molecular complexity index is 1070. The maximum Gasteiger partial charge on any atom is 0.266 e. The summed E-state index contributed by atoms with van der Waals surface area (Å²) in [4.78, 5) is 12.5. The SMILES string of the molecule is N#C/C(=C\c1cc(Br)ccc1Cc1ccccc1Br)C(=O)Nc1ccccc1. The molecule has 3 nitrogen and oxygen atoms in total. The van der Waals surface area contributed by atoms with Crippen LogP contribution in [0.2, 0.25) is 0 Å². The lowest BCUT2D eigenvalue weighted by molar-refractivity contribution is -0.112. The third-order valence-electron chi connectivity index (χ3n) is 4.14. The van der Waals surface area contributed by atoms with Gasteiger partial charge in [-0.1, -0.05) is 74.3 Å². The predicted molar refractivity (Wildman–Crippen MR) is 120 cm³/mol. The number of benzene rings is 3. The minimum atomic E-state index is -0.430. The Labute approximate surface area is 181 Å². The zero-order chi connectivity index (χ0) is 19.9. The molecule has 0 bridgehead atoms. The Morgan fingerprint density at radius 1 is 0.964 bits per heavy atom. The molecule has 5 heteroatoms. The number of rotatable bonds is 5. The smallest absolute Gasteiger partial charge is 0.266 e. The zero-order valence-corrected chi connectivity index (χ0v) is 18.0. The summed E-state index contributed by atoms with van der Waals surface area (Å²) in [6.45, 7) is 0. The Hall–Kier alpha value is -2.68. The molecule has 0 radical (unpaired) electrons. The summed E-state index contributed by atoms with van der Waals surface area (Å²) in [6.07, 6.45) is 2.31. The molecule has 1 N–H and O–H groups in total. The standard InChI is InChI=1S/C23H16Br2N2O/c24-20-11-10-16(12-17-6-4-5-9-22(17)25)18(14-20)13-19(15-26)23(28)27-21-7-2-1-3-8-21/h1-11,13-14H,12H2,(H,27,28)/b19-13+. The summed E-state index contributed by atoms with van der Waals surface area (Å²) in [5.41, 5.74) is 3.68. The van der Waals surface area contributed by atoms with Gasteiger partial charge >= 0.3 is 0 Å². The van der Waals surface area contributed by atoms with Crippen molar-refractivity contribution in [3.05, 3.63) is 104 Å². The highest BCUT2D eigenvalue weighted by molar-refractivity contribution is 9.10. The summed E-state index contributed by atoms with van der Waals surface area (Å²) in [7, 11) is 0. The first-order chi connectivity index (χ1) is 13.6. The normalized spacial score (nSPS) is 11.0. The van der Waals surface area contributed by atoms with Crippen LogP contribution in [0.3, 0.4) is 0 Å². The number of amides is 1. The predicted octanol–water partition coefficient (Wildman–Crippen LogP) is 6.35. The molecule has 0 unspecified atom stereocenters. The number of nitriles is 1. The number of hydrogen-bond donors (Lipinski definition) is 1. The van der Waals surface area contributed by atoms with Crippen molar-refractivity contribution in [2.45, 2.75) is 6.42 Å². The molecule has 0 fully saturated rings. The van der Waals surface area contributed by atoms with Crippen LogP contribution in [0, 0.1) is 11.3 Å². The van der Waals surface area contributed by atoms with E-state index >= 15 is 0 Å². The number of halogens is 2. The molecule has 3 aromatic carbocycles. The minimum Gasteiger partial charge on any atom is -0.321 e. The lowest BCUT2D eigenvalue weighted by Gasteiger charge is -2.10. The van der Waals surface area contributed by atoms with Crippen molar-refractivity contribution >= 4 is 49.5 Å². The van der Waals surface area contributed by atoms with Gasteiger partial charge in [-0.2, -0.15) is 5.26 Å². The van der Waals surface area contributed by atoms with Gasteiger partial charge in [0.1, 0.15) is 11.6 Å². The summed E-state index contributed by atoms with van der Waals surface area (Å²) in [5, 5.41) is 12.3. The van der Waals surface area contributed by atoms with Crippen molar-refractivity contribution in [2.75, 3.05) is 5.32 Å². The number of carbonyl (C=O) groups excluding carboxylic acids is 1. The first-order valence-electron chi connectivity index (χ1n) is 8.57. The molecule has 0 aliphatic rings. The van der Waals surface area contributed by atoms with Crippen molar-refractivity contribution in [3.8, 4) is 6.07 Å². The van der Waals surface area contributed by atoms with E-state index in [0.29, 0.717) is 12.1 Å². The number of anilines is 1. The maximum absolute atomic E-state index is 12.5. The second-order valence-corrected chi connectivity index (χ2v) is 7.87. The van der Waals surface area contributed by atoms with E-state index in [9.17, 15) is 10.1 Å². The molecule has 138 valence electrons. The Kier molecular flexibility index (Phi) is 6.80. The highest BCUT2D eigenvalue weighted by Gasteiger charge is 2.12. The lowest BCUT2D eigenvalue weighted by Crippen LogP contribution is -2.13. The second-order valence-electron chi connectivity index (χ2n) is 6.10. The number of carbonyl (C=O) groups is 1. The monoisotopic (exact) mass is 494 g/mol. The summed E-state index contributed by atoms with van der Waals surface area (Å²) < 4.78 is 1.91. The third-order valence-corrected chi connectivity index (χ3v) is 5.41. The van der Waals surface area contributed by atoms with Crippen LogP contribution in [0.15, 0.2) is 87.3 Å². The van der Waals surface area contributed by atoms with Crippen LogP contribution in [0.1, 0.15) is 16.7 Å². The average Bonchev–Trinajstić information content (AvgIpc) is 2.70. The van der Waals surface area contributed by atoms with Crippen LogP contribution in [0.25, 0.3) is 6.08 Å². The maximum atomic E-state index is 12.5. The van der Waals surface area contributed by atoms with E-state index < -0.39 is 5.91 Å². The van der Waals surface area contributed by atoms with E-state index in [-0.39, 0.29) is 5.57 Å². The molecule has 0 saturated heterocycles. The van der Waals surface area contributed by atoms with Crippen LogP contribution in [0.4, 0.5) is 5.69 Å². The molecule has 28 heavy (non-hydrogen) atoms. The fraction of sp³-hybridized carbons (Fsp3) is 0.0435. The number of para-hydroxylation sites is 1. The number of hydrogen-bond acceptors (Lipinski definition) is 2. The van der Waals surface area contributed by atoms with Crippen molar-refractivity contribution in [2.24, 2.45) is 0 Å². The first-order valence-corrected chi connectivity index (χ1v) is 10.2. The molecule has 0 aliphatic carbocycles. The van der Waals surface area contributed by atoms with Gasteiger partial charge in [0.05, 0.1) is 0 Å². The number of nitrogens with zero attached hydrogens (tertiary/aromatic N) is 1. The molecule has 3 rings (SSSR count). The van der Waals surface area contributed by atoms with Gasteiger partial charge in [-0.05, 0) is 59.5 Å². The number of nitrogens with one attached hydrogen (secondary N) is 1. The van der Waals surface area contributed by atoms with Crippen LogP contribution in [-0.2, 0) is 11.2 Å². The van der Waals surface area contributed by atoms with Gasteiger partial charge in [-0.25, -0.2) is 0 Å². The van der Waals surface area contributed by atoms with Crippen molar-refractivity contribution < 1.29 is 4.79 Å². The topological polar surface area (TPSA) is 52.9 Å². The van der Waals surface area contributed by atoms with Gasteiger partial charge in [0.25, 0.3) is 5.91 Å². The van der Waals surface area contributed by atoms with E-state index in [0.717, 1.165) is 25.6 Å². The Morgan fingerprint density at radius 3 is 2.39 bits per heavy atom. The molecule has 0 saturated carbocycles. The van der Waals surface area contributed by atoms with E-state index in [4.69, 9.17) is 0 Å². The highest BCUT2D eigenvalue weighted by Crippen LogP contribution is 2.25. The quantitative estimate of drug-likeness (QED) is 0.331. The molecular weight excluding hydrogens is 480 g/mol. The van der Waals surface area contributed by atoms with Gasteiger partial charge in [0.2, 0.25) is 0 Å². The van der Waals surface area contributed by atoms with Gasteiger partial charge in [-0.3, -0.25) is 4.79 Å². The van der Waals surface area contributed by atoms with Gasteiger partial charge in [0.15, 0.2) is 0 Å². The summed E-state index contributed by atoms with van der Waals surface area (Å²) >= 11 is 7.05. The molecule has 0 atom stereocenters. The van der Waals surface area contributed by atoms with E-state index in [1.807, 2.05) is 66.7 Å². The van der Waals surface area contributed by atoms with Crippen LogP contribution < -0.4 is 5.32 Å². The van der Waals surface area contributed by atoms with Crippen molar-refractivity contribution in [3.63, 3.8) is 0 Å². The summed E-state index contributed by atoms with van der Waals surface area (Å²) in [6, 6.07) is 25.0. The highest BCUT2D eigenvalue weighted by atomic mass is 79.9. The lowest BCUT2D eigenvalue weighted by atomic mass is 9.98. The van der Waals surface area contributed by atoms with Crippen molar-refractivity contribution in [1.29, 1.82) is 5.26 Å². The Balaban J connectivity index is 1.92. The fourth-order valence-electron chi connectivity index (χ4n) is 2.73. The van der Waals surface area contributed by atoms with Gasteiger partial charge in [-0.15, -0.1) is 0 Å². The van der Waals surface area contributed by atoms with Crippen LogP contribution >= 0.6 is 31.9 Å². The summed E-state index contributed by atoms with van der Waals surface area (Å²) in [5.74, 6) is -0.430. The zero-order valence-electron chi connectivity index (χ0n) is 14.8. The largest absolute Gasteiger partial charge is 0.321 e. The van der Waals surface area contributed by atoms with Crippen LogP contribution in [-0.4, -0.2) is 5.91 Å². The third kappa shape index (κ3) is 5.19. The first kappa shape index (κ1) is 20.1. The van der Waals surface area contributed by atoms with E-state index in [1.165, 1.54) is 0 Å². The Morgan fingerprint density at radius 2 is 1.68 bits per heavy atom. The van der Waals surface area contributed by atoms with E-state index in [1.54, 1.807) is 18.2 Å². The molecule has 0 aromatic heterocycles. The average molecular weight is 496 g/mol. The molecule has 0 spiro atoms.